The molecule has 1 aromatic rings. The molecule has 0 fully saturated rings. The van der Waals surface area contributed by atoms with Crippen LogP contribution in [0.1, 0.15) is 23.7 Å². The van der Waals surface area contributed by atoms with Crippen LogP contribution in [0.4, 0.5) is 0 Å². The Bertz CT molecular complexity index is 417. The first-order valence-electron chi connectivity index (χ1n) is 5.29. The summed E-state index contributed by atoms with van der Waals surface area (Å²) in [4.78, 5) is 22.4. The van der Waals surface area contributed by atoms with E-state index in [1.807, 2.05) is 6.92 Å². The van der Waals surface area contributed by atoms with E-state index in [4.69, 9.17) is 15.6 Å². The van der Waals surface area contributed by atoms with Crippen molar-refractivity contribution >= 4 is 11.8 Å². The van der Waals surface area contributed by atoms with Crippen LogP contribution in [0.5, 0.6) is 5.75 Å². The molecule has 0 spiro atoms. The summed E-state index contributed by atoms with van der Waals surface area (Å²) < 4.78 is 5.29. The van der Waals surface area contributed by atoms with Crippen molar-refractivity contribution in [1.29, 1.82) is 0 Å². The quantitative estimate of drug-likeness (QED) is 0.722. The highest BCUT2D eigenvalue weighted by atomic mass is 16.5. The first-order valence-corrected chi connectivity index (χ1v) is 5.29. The number of hydrogen-bond acceptors (Lipinski definition) is 4. The van der Waals surface area contributed by atoms with Crippen molar-refractivity contribution in [2.24, 2.45) is 5.73 Å². The number of hydrogen-bond donors (Lipinski definition) is 2. The minimum Gasteiger partial charge on any atom is -0.493 e. The fourth-order valence-electron chi connectivity index (χ4n) is 1.38. The monoisotopic (exact) mass is 237 g/mol. The van der Waals surface area contributed by atoms with E-state index < -0.39 is 12.0 Å². The maximum absolute atomic E-state index is 11.8. The van der Waals surface area contributed by atoms with E-state index in [0.29, 0.717) is 17.9 Å². The minimum atomic E-state index is -1.19. The average Bonchev–Trinajstić information content (AvgIpc) is 2.29. The van der Waals surface area contributed by atoms with Gasteiger partial charge in [0.05, 0.1) is 12.2 Å². The second kappa shape index (κ2) is 6.00. The van der Waals surface area contributed by atoms with Crippen LogP contribution in [-0.2, 0) is 4.79 Å². The third kappa shape index (κ3) is 3.57. The number of carbonyl (C=O) groups is 2. The maximum atomic E-state index is 11.8. The summed E-state index contributed by atoms with van der Waals surface area (Å²) in [5, 5.41) is 8.64. The number of carboxylic acids is 1. The number of ketones is 1. The van der Waals surface area contributed by atoms with Crippen LogP contribution >= 0.6 is 0 Å². The second-order valence-corrected chi connectivity index (χ2v) is 3.50. The predicted molar refractivity (Wildman–Crippen MR) is 62.2 cm³/mol. The summed E-state index contributed by atoms with van der Waals surface area (Å²) in [5.74, 6) is -1.06. The van der Waals surface area contributed by atoms with Crippen molar-refractivity contribution in [1.82, 2.24) is 0 Å². The van der Waals surface area contributed by atoms with Crippen molar-refractivity contribution in [3.05, 3.63) is 29.8 Å². The number of carboxylic acid groups (broad SMARTS) is 1. The number of para-hydroxylation sites is 1. The van der Waals surface area contributed by atoms with Crippen LogP contribution in [-0.4, -0.2) is 29.5 Å². The Morgan fingerprint density at radius 1 is 1.41 bits per heavy atom. The number of Topliss-reactive ketones (excluding diaryl/α,β-unsaturated/α-hetero) is 1. The number of benzene rings is 1. The number of aliphatic carboxylic acids is 1. The van der Waals surface area contributed by atoms with Gasteiger partial charge in [0.15, 0.2) is 5.78 Å². The van der Waals surface area contributed by atoms with E-state index in [0.717, 1.165) is 0 Å². The van der Waals surface area contributed by atoms with Gasteiger partial charge in [-0.3, -0.25) is 9.59 Å². The summed E-state index contributed by atoms with van der Waals surface area (Å²) in [5.41, 5.74) is 5.68. The third-order valence-electron chi connectivity index (χ3n) is 2.21. The van der Waals surface area contributed by atoms with Gasteiger partial charge in [-0.05, 0) is 19.1 Å². The highest BCUT2D eigenvalue weighted by molar-refractivity contribution is 6.00. The fourth-order valence-corrected chi connectivity index (χ4v) is 1.38. The van der Waals surface area contributed by atoms with Gasteiger partial charge in [-0.2, -0.15) is 0 Å². The molecule has 1 atom stereocenters. The van der Waals surface area contributed by atoms with Gasteiger partial charge in [-0.25, -0.2) is 0 Å². The zero-order valence-corrected chi connectivity index (χ0v) is 9.55. The molecule has 1 aromatic carbocycles. The molecule has 0 aliphatic rings. The standard InChI is InChI=1S/C12H15NO4/c1-2-17-11-6-4-3-5-8(11)10(14)7-9(13)12(15)16/h3-6,9H,2,7,13H2,1H3,(H,15,16)/t9-/m0/s1. The molecule has 0 amide bonds. The minimum absolute atomic E-state index is 0.237. The first kappa shape index (κ1) is 13.2. The van der Waals surface area contributed by atoms with Crippen molar-refractivity contribution in [2.75, 3.05) is 6.61 Å². The van der Waals surface area contributed by atoms with Crippen LogP contribution in [0.3, 0.4) is 0 Å². The molecule has 0 bridgehead atoms. The molecule has 0 aliphatic heterocycles. The van der Waals surface area contributed by atoms with Crippen molar-refractivity contribution in [3.8, 4) is 5.75 Å². The summed E-state index contributed by atoms with van der Waals surface area (Å²) in [6, 6.07) is 5.53. The van der Waals surface area contributed by atoms with Gasteiger partial charge in [0.2, 0.25) is 0 Å². The summed E-state index contributed by atoms with van der Waals surface area (Å²) in [7, 11) is 0. The Morgan fingerprint density at radius 3 is 2.65 bits per heavy atom. The summed E-state index contributed by atoms with van der Waals surface area (Å²) in [6.07, 6.45) is -0.237. The van der Waals surface area contributed by atoms with Gasteiger partial charge >= 0.3 is 5.97 Å². The van der Waals surface area contributed by atoms with Gasteiger partial charge in [-0.15, -0.1) is 0 Å². The topological polar surface area (TPSA) is 89.6 Å². The third-order valence-corrected chi connectivity index (χ3v) is 2.21. The van der Waals surface area contributed by atoms with E-state index in [2.05, 4.69) is 0 Å². The molecule has 1 rings (SSSR count). The number of nitrogens with two attached hydrogens (primary N) is 1. The smallest absolute Gasteiger partial charge is 0.320 e. The normalized spacial score (nSPS) is 11.9. The van der Waals surface area contributed by atoms with Crippen LogP contribution in [0, 0.1) is 0 Å². The molecule has 0 saturated heterocycles. The Balaban J connectivity index is 2.84. The summed E-state index contributed by atoms with van der Waals surface area (Å²) in [6.45, 7) is 2.25. The summed E-state index contributed by atoms with van der Waals surface area (Å²) >= 11 is 0. The van der Waals surface area contributed by atoms with E-state index in [1.165, 1.54) is 0 Å². The second-order valence-electron chi connectivity index (χ2n) is 3.50. The lowest BCUT2D eigenvalue weighted by atomic mass is 10.0. The van der Waals surface area contributed by atoms with Gasteiger partial charge in [-0.1, -0.05) is 12.1 Å². The van der Waals surface area contributed by atoms with Gasteiger partial charge < -0.3 is 15.6 Å². The molecule has 17 heavy (non-hydrogen) atoms. The van der Waals surface area contributed by atoms with Crippen molar-refractivity contribution in [2.45, 2.75) is 19.4 Å². The van der Waals surface area contributed by atoms with Crippen LogP contribution in [0.25, 0.3) is 0 Å². The van der Waals surface area contributed by atoms with E-state index in [-0.39, 0.29) is 12.2 Å². The van der Waals surface area contributed by atoms with E-state index in [1.54, 1.807) is 24.3 Å². The Kier molecular flexibility index (Phi) is 4.66. The highest BCUT2D eigenvalue weighted by Crippen LogP contribution is 2.19. The maximum Gasteiger partial charge on any atom is 0.320 e. The molecule has 92 valence electrons. The number of carbonyl (C=O) groups excluding carboxylic acids is 1. The van der Waals surface area contributed by atoms with Crippen LogP contribution < -0.4 is 10.5 Å². The molecule has 5 nitrogen and oxygen atoms in total. The lowest BCUT2D eigenvalue weighted by Gasteiger charge is -2.10. The molecule has 0 saturated carbocycles. The lowest BCUT2D eigenvalue weighted by molar-refractivity contribution is -0.138. The van der Waals surface area contributed by atoms with Crippen LogP contribution in [0.2, 0.25) is 0 Å². The highest BCUT2D eigenvalue weighted by Gasteiger charge is 2.19. The number of ether oxygens (including phenoxy) is 1. The molecular weight excluding hydrogens is 222 g/mol. The zero-order chi connectivity index (χ0) is 12.8. The Hall–Kier alpha value is -1.88. The average molecular weight is 237 g/mol. The van der Waals surface area contributed by atoms with Crippen LogP contribution in [0.15, 0.2) is 24.3 Å². The van der Waals surface area contributed by atoms with E-state index >= 15 is 0 Å². The Labute approximate surface area is 99.2 Å². The number of rotatable bonds is 6. The molecule has 5 heteroatoms. The van der Waals surface area contributed by atoms with E-state index in [9.17, 15) is 9.59 Å². The zero-order valence-electron chi connectivity index (χ0n) is 9.55. The molecule has 0 aromatic heterocycles. The molecule has 0 unspecified atom stereocenters. The van der Waals surface area contributed by atoms with Gasteiger partial charge in [0.1, 0.15) is 11.8 Å². The molecular formula is C12H15NO4. The first-order chi connectivity index (χ1) is 8.06. The molecule has 0 aliphatic carbocycles. The SMILES string of the molecule is CCOc1ccccc1C(=O)C[C@H](N)C(=O)O. The molecule has 0 radical (unpaired) electrons. The molecule has 3 N–H and O–H groups in total. The van der Waals surface area contributed by atoms with Gasteiger partial charge in [0, 0.05) is 6.42 Å². The van der Waals surface area contributed by atoms with Crippen molar-refractivity contribution in [3.63, 3.8) is 0 Å². The largest absolute Gasteiger partial charge is 0.493 e. The molecule has 0 heterocycles. The lowest BCUT2D eigenvalue weighted by Crippen LogP contribution is -2.32. The van der Waals surface area contributed by atoms with Crippen molar-refractivity contribution < 1.29 is 19.4 Å². The van der Waals surface area contributed by atoms with Gasteiger partial charge in [0.25, 0.3) is 0 Å². The predicted octanol–water partition coefficient (Wildman–Crippen LogP) is 1.07. The Morgan fingerprint density at radius 2 is 2.06 bits per heavy atom. The fraction of sp³-hybridized carbons (Fsp3) is 0.333.